The molecule has 1 amide bonds. The highest BCUT2D eigenvalue weighted by molar-refractivity contribution is 8.00. The van der Waals surface area contributed by atoms with E-state index in [-0.39, 0.29) is 11.3 Å². The maximum absolute atomic E-state index is 10.6. The molecule has 2 N–H and O–H groups in total. The molecule has 0 aromatic heterocycles. The van der Waals surface area contributed by atoms with Crippen molar-refractivity contribution in [2.24, 2.45) is 5.73 Å². The molecule has 0 radical (unpaired) electrons. The second-order valence-corrected chi connectivity index (χ2v) is 3.56. The number of hydrogen-bond acceptors (Lipinski definition) is 4. The molecule has 0 heterocycles. The van der Waals surface area contributed by atoms with Gasteiger partial charge < -0.3 is 15.6 Å². The molecule has 0 spiro atoms. The van der Waals surface area contributed by atoms with E-state index in [9.17, 15) is 14.7 Å². The van der Waals surface area contributed by atoms with Crippen molar-refractivity contribution in [3.8, 4) is 0 Å². The molecule has 0 bridgehead atoms. The number of primary amides is 1. The van der Waals surface area contributed by atoms with Crippen LogP contribution >= 0.6 is 11.8 Å². The predicted octanol–water partition coefficient (Wildman–Crippen LogP) is -0.373. The standard InChI is InChI=1S/C9H9NO3S/c10-8(11)5-14-7-4-2-1-3-6(7)9(12)13/h1-4H,5H2,(H2,10,11)(H,12,13)/p-1. The molecule has 0 saturated carbocycles. The number of hydrogen-bond donors (Lipinski definition) is 1. The van der Waals surface area contributed by atoms with Crippen LogP contribution in [0.4, 0.5) is 0 Å². The van der Waals surface area contributed by atoms with Gasteiger partial charge in [-0.05, 0) is 6.07 Å². The summed E-state index contributed by atoms with van der Waals surface area (Å²) in [6, 6.07) is 6.33. The topological polar surface area (TPSA) is 83.2 Å². The van der Waals surface area contributed by atoms with Crippen molar-refractivity contribution in [2.75, 3.05) is 5.75 Å². The molecule has 1 aromatic carbocycles. The van der Waals surface area contributed by atoms with Crippen LogP contribution in [0, 0.1) is 0 Å². The van der Waals surface area contributed by atoms with Gasteiger partial charge in [-0.1, -0.05) is 18.2 Å². The van der Waals surface area contributed by atoms with Gasteiger partial charge in [-0.15, -0.1) is 11.8 Å². The van der Waals surface area contributed by atoms with Crippen molar-refractivity contribution in [1.82, 2.24) is 0 Å². The third-order valence-corrected chi connectivity index (χ3v) is 2.57. The minimum Gasteiger partial charge on any atom is -0.545 e. The van der Waals surface area contributed by atoms with Crippen molar-refractivity contribution < 1.29 is 14.7 Å². The van der Waals surface area contributed by atoms with Gasteiger partial charge in [0.25, 0.3) is 0 Å². The molecule has 14 heavy (non-hydrogen) atoms. The lowest BCUT2D eigenvalue weighted by molar-refractivity contribution is -0.255. The fraction of sp³-hybridized carbons (Fsp3) is 0.111. The number of amides is 1. The van der Waals surface area contributed by atoms with E-state index >= 15 is 0 Å². The van der Waals surface area contributed by atoms with E-state index in [4.69, 9.17) is 5.73 Å². The Kier molecular flexibility index (Phi) is 3.53. The van der Waals surface area contributed by atoms with Crippen LogP contribution in [0.2, 0.25) is 0 Å². The first-order chi connectivity index (χ1) is 6.61. The number of carboxylic acids is 1. The fourth-order valence-electron chi connectivity index (χ4n) is 0.910. The van der Waals surface area contributed by atoms with E-state index in [0.717, 1.165) is 11.8 Å². The van der Waals surface area contributed by atoms with Crippen molar-refractivity contribution in [1.29, 1.82) is 0 Å². The number of carboxylic acid groups (broad SMARTS) is 1. The van der Waals surface area contributed by atoms with Gasteiger partial charge in [0, 0.05) is 10.5 Å². The molecule has 0 aliphatic heterocycles. The number of aromatic carboxylic acids is 1. The summed E-state index contributed by atoms with van der Waals surface area (Å²) in [5, 5.41) is 10.6. The molecule has 0 atom stereocenters. The van der Waals surface area contributed by atoms with Crippen LogP contribution < -0.4 is 10.8 Å². The zero-order valence-electron chi connectivity index (χ0n) is 7.23. The van der Waals surface area contributed by atoms with Crippen LogP contribution in [-0.2, 0) is 4.79 Å². The number of thioether (sulfide) groups is 1. The lowest BCUT2D eigenvalue weighted by Gasteiger charge is -2.08. The molecular formula is C9H8NO3S-. The highest BCUT2D eigenvalue weighted by Gasteiger charge is 2.04. The summed E-state index contributed by atoms with van der Waals surface area (Å²) in [6.45, 7) is 0. The Morgan fingerprint density at radius 3 is 2.57 bits per heavy atom. The minimum absolute atomic E-state index is 0.0598. The van der Waals surface area contributed by atoms with Crippen molar-refractivity contribution in [2.45, 2.75) is 4.90 Å². The van der Waals surface area contributed by atoms with Gasteiger partial charge in [-0.25, -0.2) is 0 Å². The molecule has 5 heteroatoms. The van der Waals surface area contributed by atoms with Crippen molar-refractivity contribution >= 4 is 23.6 Å². The van der Waals surface area contributed by atoms with E-state index in [2.05, 4.69) is 0 Å². The SMILES string of the molecule is NC(=O)CSc1ccccc1C(=O)[O-]. The van der Waals surface area contributed by atoms with Crippen LogP contribution in [0.15, 0.2) is 29.2 Å². The van der Waals surface area contributed by atoms with E-state index in [1.54, 1.807) is 18.2 Å². The zero-order chi connectivity index (χ0) is 10.6. The van der Waals surface area contributed by atoms with Gasteiger partial charge >= 0.3 is 0 Å². The Morgan fingerprint density at radius 1 is 1.36 bits per heavy atom. The first-order valence-corrected chi connectivity index (χ1v) is 4.81. The smallest absolute Gasteiger partial charge is 0.227 e. The third-order valence-electron chi connectivity index (χ3n) is 1.48. The summed E-state index contributed by atoms with van der Waals surface area (Å²) in [7, 11) is 0. The number of carbonyl (C=O) groups excluding carboxylic acids is 2. The van der Waals surface area contributed by atoms with Crippen LogP contribution in [0.25, 0.3) is 0 Å². The first-order valence-electron chi connectivity index (χ1n) is 3.82. The number of carbonyl (C=O) groups is 2. The molecule has 0 aliphatic rings. The highest BCUT2D eigenvalue weighted by Crippen LogP contribution is 2.21. The van der Waals surface area contributed by atoms with Crippen LogP contribution in [0.5, 0.6) is 0 Å². The molecule has 0 aliphatic carbocycles. The summed E-state index contributed by atoms with van der Waals surface area (Å²) < 4.78 is 0. The normalized spacial score (nSPS) is 9.71. The molecule has 74 valence electrons. The zero-order valence-corrected chi connectivity index (χ0v) is 8.04. The number of nitrogens with two attached hydrogens (primary N) is 1. The molecule has 0 unspecified atom stereocenters. The van der Waals surface area contributed by atoms with Crippen molar-refractivity contribution in [3.63, 3.8) is 0 Å². The Labute approximate surface area is 85.1 Å². The number of benzene rings is 1. The molecular weight excluding hydrogens is 202 g/mol. The fourth-order valence-corrected chi connectivity index (χ4v) is 1.69. The lowest BCUT2D eigenvalue weighted by Crippen LogP contribution is -2.23. The Balaban J connectivity index is 2.84. The van der Waals surface area contributed by atoms with Crippen molar-refractivity contribution in [3.05, 3.63) is 29.8 Å². The summed E-state index contributed by atoms with van der Waals surface area (Å²) in [6.07, 6.45) is 0. The average molecular weight is 210 g/mol. The van der Waals surface area contributed by atoms with Crippen LogP contribution in [-0.4, -0.2) is 17.6 Å². The Hall–Kier alpha value is -1.49. The molecule has 1 rings (SSSR count). The van der Waals surface area contributed by atoms with Gasteiger partial charge in [0.1, 0.15) is 0 Å². The van der Waals surface area contributed by atoms with Gasteiger partial charge in [0.2, 0.25) is 5.91 Å². The maximum Gasteiger partial charge on any atom is 0.227 e. The van der Waals surface area contributed by atoms with E-state index in [1.807, 2.05) is 0 Å². The molecule has 0 fully saturated rings. The predicted molar refractivity (Wildman–Crippen MR) is 50.7 cm³/mol. The highest BCUT2D eigenvalue weighted by atomic mass is 32.2. The summed E-state index contributed by atoms with van der Waals surface area (Å²) in [5.41, 5.74) is 5.03. The Bertz CT molecular complexity index is 365. The molecule has 4 nitrogen and oxygen atoms in total. The first kappa shape index (κ1) is 10.6. The Morgan fingerprint density at radius 2 is 2.00 bits per heavy atom. The number of rotatable bonds is 4. The summed E-state index contributed by atoms with van der Waals surface area (Å²) in [4.78, 5) is 21.6. The van der Waals surface area contributed by atoms with E-state index in [1.165, 1.54) is 6.07 Å². The van der Waals surface area contributed by atoms with Crippen LogP contribution in [0.3, 0.4) is 0 Å². The monoisotopic (exact) mass is 210 g/mol. The van der Waals surface area contributed by atoms with Gasteiger partial charge in [-0.2, -0.15) is 0 Å². The van der Waals surface area contributed by atoms with Crippen LogP contribution in [0.1, 0.15) is 10.4 Å². The lowest BCUT2D eigenvalue weighted by atomic mass is 10.2. The third kappa shape index (κ3) is 2.77. The van der Waals surface area contributed by atoms with Gasteiger partial charge in [0.05, 0.1) is 11.7 Å². The maximum atomic E-state index is 10.6. The molecule has 1 aromatic rings. The van der Waals surface area contributed by atoms with E-state index < -0.39 is 11.9 Å². The average Bonchev–Trinajstić information content (AvgIpc) is 2.15. The quantitative estimate of drug-likeness (QED) is 0.687. The minimum atomic E-state index is -1.25. The summed E-state index contributed by atoms with van der Waals surface area (Å²) in [5.74, 6) is -1.68. The second-order valence-electron chi connectivity index (χ2n) is 2.54. The van der Waals surface area contributed by atoms with Gasteiger partial charge in [-0.3, -0.25) is 4.79 Å². The molecule has 0 saturated heterocycles. The summed E-state index contributed by atoms with van der Waals surface area (Å²) >= 11 is 1.09. The largest absolute Gasteiger partial charge is 0.545 e. The van der Waals surface area contributed by atoms with E-state index in [0.29, 0.717) is 4.90 Å². The van der Waals surface area contributed by atoms with Gasteiger partial charge in [0.15, 0.2) is 0 Å². The second kappa shape index (κ2) is 4.66.